The second-order valence-electron chi connectivity index (χ2n) is 9.21. The molecule has 39 heavy (non-hydrogen) atoms. The van der Waals surface area contributed by atoms with Gasteiger partial charge in [0.1, 0.15) is 5.58 Å². The summed E-state index contributed by atoms with van der Waals surface area (Å²) in [6.45, 7) is 10.2. The van der Waals surface area contributed by atoms with Crippen LogP contribution in [0.5, 0.6) is 11.5 Å². The highest BCUT2D eigenvalue weighted by atomic mass is 35.5. The first-order chi connectivity index (χ1) is 18.9. The maximum atomic E-state index is 13.6. The maximum absolute atomic E-state index is 13.6. The minimum atomic E-state index is -0.318. The SMILES string of the molecule is C=CCc1cc(C=Nn2c(-c3cc4cc(Cl)ccc4o3)nc3ccccc3c2=O)cc(OCC)c1OC(C)C. The normalized spacial score (nSPS) is 11.6. The Bertz CT molecular complexity index is 1770. The Kier molecular flexibility index (Phi) is 7.52. The number of furan rings is 1. The molecule has 0 unspecified atom stereocenters. The molecule has 0 saturated carbocycles. The molecule has 5 aromatic rings. The molecule has 0 bridgehead atoms. The summed E-state index contributed by atoms with van der Waals surface area (Å²) < 4.78 is 19.3. The Morgan fingerprint density at radius 3 is 2.74 bits per heavy atom. The predicted molar refractivity (Wildman–Crippen MR) is 156 cm³/mol. The fourth-order valence-corrected chi connectivity index (χ4v) is 4.52. The Morgan fingerprint density at radius 1 is 1.15 bits per heavy atom. The van der Waals surface area contributed by atoms with Crippen LogP contribution >= 0.6 is 11.6 Å². The molecule has 0 atom stereocenters. The van der Waals surface area contributed by atoms with Crippen molar-refractivity contribution in [3.8, 4) is 23.1 Å². The van der Waals surface area contributed by atoms with E-state index in [1.807, 2.05) is 45.0 Å². The van der Waals surface area contributed by atoms with E-state index in [9.17, 15) is 4.79 Å². The zero-order valence-electron chi connectivity index (χ0n) is 22.0. The number of benzene rings is 3. The van der Waals surface area contributed by atoms with E-state index in [-0.39, 0.29) is 17.5 Å². The molecule has 0 N–H and O–H groups in total. The molecule has 8 heteroatoms. The molecule has 3 aromatic carbocycles. The molecule has 7 nitrogen and oxygen atoms in total. The zero-order chi connectivity index (χ0) is 27.5. The largest absolute Gasteiger partial charge is 0.490 e. The van der Waals surface area contributed by atoms with Gasteiger partial charge in [-0.2, -0.15) is 9.78 Å². The van der Waals surface area contributed by atoms with E-state index in [4.69, 9.17) is 30.5 Å². The molecule has 0 radical (unpaired) electrons. The summed E-state index contributed by atoms with van der Waals surface area (Å²) >= 11 is 6.17. The molecule has 2 aromatic heterocycles. The van der Waals surface area contributed by atoms with Crippen LogP contribution in [0.25, 0.3) is 33.5 Å². The van der Waals surface area contributed by atoms with Gasteiger partial charge in [0.15, 0.2) is 17.3 Å². The van der Waals surface area contributed by atoms with E-state index >= 15 is 0 Å². The number of hydrogen-bond acceptors (Lipinski definition) is 6. The monoisotopic (exact) mass is 541 g/mol. The first-order valence-electron chi connectivity index (χ1n) is 12.7. The van der Waals surface area contributed by atoms with Gasteiger partial charge < -0.3 is 13.9 Å². The van der Waals surface area contributed by atoms with E-state index in [0.717, 1.165) is 16.5 Å². The molecule has 0 saturated heterocycles. The molecule has 0 spiro atoms. The van der Waals surface area contributed by atoms with Crippen LogP contribution in [0, 0.1) is 0 Å². The highest BCUT2D eigenvalue weighted by Crippen LogP contribution is 2.35. The second-order valence-corrected chi connectivity index (χ2v) is 9.64. The van der Waals surface area contributed by atoms with E-state index in [1.165, 1.54) is 4.68 Å². The van der Waals surface area contributed by atoms with Gasteiger partial charge in [-0.3, -0.25) is 4.79 Å². The molecule has 5 rings (SSSR count). The van der Waals surface area contributed by atoms with Gasteiger partial charge in [-0.15, -0.1) is 6.58 Å². The first-order valence-corrected chi connectivity index (χ1v) is 13.1. The molecule has 0 aliphatic heterocycles. The summed E-state index contributed by atoms with van der Waals surface area (Å²) in [6.07, 6.45) is 3.96. The first kappa shape index (κ1) is 26.3. The summed E-state index contributed by atoms with van der Waals surface area (Å²) in [5.41, 5.74) is 2.49. The molecule has 0 aliphatic rings. The molecular weight excluding hydrogens is 514 g/mol. The van der Waals surface area contributed by atoms with Crippen molar-refractivity contribution in [1.29, 1.82) is 0 Å². The number of ether oxygens (including phenoxy) is 2. The second kappa shape index (κ2) is 11.2. The van der Waals surface area contributed by atoms with Gasteiger partial charge in [0.2, 0.25) is 5.82 Å². The van der Waals surface area contributed by atoms with Crippen LogP contribution in [0.15, 0.2) is 87.6 Å². The lowest BCUT2D eigenvalue weighted by Crippen LogP contribution is -2.20. The van der Waals surface area contributed by atoms with Crippen LogP contribution in [-0.2, 0) is 6.42 Å². The number of nitrogens with zero attached hydrogens (tertiary/aromatic N) is 3. The summed E-state index contributed by atoms with van der Waals surface area (Å²) in [7, 11) is 0. The van der Waals surface area contributed by atoms with Crippen molar-refractivity contribution < 1.29 is 13.9 Å². The molecule has 0 fully saturated rings. The molecule has 0 aliphatic carbocycles. The number of hydrogen-bond donors (Lipinski definition) is 0. The minimum absolute atomic E-state index is 0.0317. The Hall–Kier alpha value is -4.36. The van der Waals surface area contributed by atoms with Gasteiger partial charge in [0.05, 0.1) is 29.8 Å². The van der Waals surface area contributed by atoms with Crippen molar-refractivity contribution in [2.75, 3.05) is 6.61 Å². The minimum Gasteiger partial charge on any atom is -0.490 e. The lowest BCUT2D eigenvalue weighted by molar-refractivity contribution is 0.222. The smallest absolute Gasteiger partial charge is 0.282 e. The fraction of sp³-hybridized carbons (Fsp3) is 0.194. The average molecular weight is 542 g/mol. The number of halogens is 1. The van der Waals surface area contributed by atoms with E-state index < -0.39 is 0 Å². The predicted octanol–water partition coefficient (Wildman–Crippen LogP) is 7.26. The van der Waals surface area contributed by atoms with Crippen LogP contribution in [0.3, 0.4) is 0 Å². The van der Waals surface area contributed by atoms with Crippen molar-refractivity contribution in [3.05, 3.63) is 99.8 Å². The van der Waals surface area contributed by atoms with Gasteiger partial charge in [0, 0.05) is 16.0 Å². The summed E-state index contributed by atoms with van der Waals surface area (Å²) in [4.78, 5) is 18.4. The van der Waals surface area contributed by atoms with Gasteiger partial charge in [-0.25, -0.2) is 4.98 Å². The maximum Gasteiger partial charge on any atom is 0.282 e. The van der Waals surface area contributed by atoms with E-state index in [2.05, 4.69) is 11.7 Å². The topological polar surface area (TPSA) is 78.9 Å². The lowest BCUT2D eigenvalue weighted by Gasteiger charge is -2.18. The van der Waals surface area contributed by atoms with Gasteiger partial charge in [0.25, 0.3) is 5.56 Å². The average Bonchev–Trinajstić information content (AvgIpc) is 3.33. The lowest BCUT2D eigenvalue weighted by atomic mass is 10.1. The van der Waals surface area contributed by atoms with Crippen molar-refractivity contribution in [2.45, 2.75) is 33.3 Å². The standard InChI is InChI=1S/C31H28ClN3O4/c1-5-9-21-14-20(15-27(37-6-2)29(21)38-19(3)4)18-33-35-30(34-25-11-8-7-10-24(25)31(35)36)28-17-22-16-23(32)12-13-26(22)39-28/h5,7-8,10-19H,1,6,9H2,2-4H3. The summed E-state index contributed by atoms with van der Waals surface area (Å²) in [5.74, 6) is 1.95. The number of para-hydroxylation sites is 1. The van der Waals surface area contributed by atoms with Crippen molar-refractivity contribution in [3.63, 3.8) is 0 Å². The third-order valence-corrected chi connectivity index (χ3v) is 6.18. The quantitative estimate of drug-likeness (QED) is 0.145. The third-order valence-electron chi connectivity index (χ3n) is 5.95. The van der Waals surface area contributed by atoms with Crippen LogP contribution in [0.2, 0.25) is 5.02 Å². The van der Waals surface area contributed by atoms with E-state index in [1.54, 1.807) is 48.7 Å². The molecule has 198 valence electrons. The third kappa shape index (κ3) is 5.45. The molecule has 2 heterocycles. The van der Waals surface area contributed by atoms with Gasteiger partial charge >= 0.3 is 0 Å². The van der Waals surface area contributed by atoms with Crippen molar-refractivity contribution in [2.24, 2.45) is 5.10 Å². The van der Waals surface area contributed by atoms with Crippen LogP contribution in [0.4, 0.5) is 0 Å². The fourth-order valence-electron chi connectivity index (χ4n) is 4.34. The van der Waals surface area contributed by atoms with Crippen LogP contribution in [-0.4, -0.2) is 28.6 Å². The Balaban J connectivity index is 1.67. The van der Waals surface area contributed by atoms with Gasteiger partial charge in [-0.1, -0.05) is 29.8 Å². The van der Waals surface area contributed by atoms with Crippen molar-refractivity contribution >= 4 is 39.7 Å². The Labute approximate surface area is 231 Å². The number of aromatic nitrogens is 2. The van der Waals surface area contributed by atoms with Crippen molar-refractivity contribution in [1.82, 2.24) is 9.66 Å². The summed E-state index contributed by atoms with van der Waals surface area (Å²) in [5, 5.41) is 6.42. The highest BCUT2D eigenvalue weighted by Gasteiger charge is 2.18. The number of allylic oxidation sites excluding steroid dienone is 1. The Morgan fingerprint density at radius 2 is 1.97 bits per heavy atom. The molecular formula is C31H28ClN3O4. The highest BCUT2D eigenvalue weighted by molar-refractivity contribution is 6.31. The van der Waals surface area contributed by atoms with Gasteiger partial charge in [-0.05, 0) is 81.3 Å². The molecule has 0 amide bonds. The number of fused-ring (bicyclic) bond motifs is 2. The van der Waals surface area contributed by atoms with Crippen LogP contribution < -0.4 is 15.0 Å². The van der Waals surface area contributed by atoms with E-state index in [0.29, 0.717) is 51.8 Å². The number of rotatable bonds is 9. The summed E-state index contributed by atoms with van der Waals surface area (Å²) in [6, 6.07) is 18.1. The van der Waals surface area contributed by atoms with Crippen LogP contribution in [0.1, 0.15) is 31.9 Å². The zero-order valence-corrected chi connectivity index (χ0v) is 22.7.